The first-order valence-electron chi connectivity index (χ1n) is 11.5. The molecule has 2 heterocycles. The van der Waals surface area contributed by atoms with Gasteiger partial charge in [0.1, 0.15) is 6.54 Å². The first-order chi connectivity index (χ1) is 14.6. The molecule has 1 radical (unpaired) electrons. The molecule has 1 N–H and O–H groups in total. The Morgan fingerprint density at radius 3 is 2.23 bits per heavy atom. The normalized spacial score (nSPS) is 25.7. The summed E-state index contributed by atoms with van der Waals surface area (Å²) in [6, 6.07) is -0.471. The largest absolute Gasteiger partial charge is 0.466 e. The van der Waals surface area contributed by atoms with Gasteiger partial charge in [0, 0.05) is 32.2 Å². The highest BCUT2D eigenvalue weighted by Gasteiger charge is 2.45. The average Bonchev–Trinajstić information content (AvgIpc) is 3.22. The van der Waals surface area contributed by atoms with Gasteiger partial charge in [-0.2, -0.15) is 0 Å². The molecule has 0 aromatic rings. The van der Waals surface area contributed by atoms with Crippen LogP contribution in [-0.2, 0) is 28.7 Å². The van der Waals surface area contributed by atoms with Crippen molar-refractivity contribution in [3.63, 3.8) is 0 Å². The molecular formula is C22H36N2O6+. The average molecular weight is 425 g/mol. The van der Waals surface area contributed by atoms with Gasteiger partial charge in [-0.15, -0.1) is 0 Å². The van der Waals surface area contributed by atoms with Crippen LogP contribution in [-0.4, -0.2) is 56.1 Å². The summed E-state index contributed by atoms with van der Waals surface area (Å²) in [6.45, 7) is 1.90. The van der Waals surface area contributed by atoms with Crippen molar-refractivity contribution in [2.75, 3.05) is 26.3 Å². The van der Waals surface area contributed by atoms with Gasteiger partial charge in [0.05, 0.1) is 19.6 Å². The van der Waals surface area contributed by atoms with E-state index in [4.69, 9.17) is 9.47 Å². The van der Waals surface area contributed by atoms with Crippen molar-refractivity contribution in [1.29, 1.82) is 0 Å². The van der Waals surface area contributed by atoms with E-state index in [1.807, 2.05) is 0 Å². The van der Waals surface area contributed by atoms with E-state index in [2.05, 4.69) is 5.32 Å². The third kappa shape index (κ3) is 9.24. The Kier molecular flexibility index (Phi) is 11.4. The standard InChI is InChI=1S/C22H36N2O6/c25-19-11-3-4-12-20(26)24-15-9-10-18(24)22(28)30-17-8-2-1-7-16-29-21(27)13-5-6-14-23-19/h18H,1-17H2,(H,23,25)/q+1. The highest BCUT2D eigenvalue weighted by molar-refractivity contribution is 5.87. The second-order valence-corrected chi connectivity index (χ2v) is 8.06. The maximum Gasteiger partial charge on any atom is 0.370 e. The molecule has 2 aliphatic heterocycles. The summed E-state index contributed by atoms with van der Waals surface area (Å²) >= 11 is 0. The molecule has 1 atom stereocenters. The maximum absolute atomic E-state index is 12.5. The Morgan fingerprint density at radius 1 is 0.733 bits per heavy atom. The van der Waals surface area contributed by atoms with Crippen molar-refractivity contribution in [2.45, 2.75) is 89.5 Å². The lowest BCUT2D eigenvalue weighted by molar-refractivity contribution is -0.150. The van der Waals surface area contributed by atoms with Crippen molar-refractivity contribution < 1.29 is 28.7 Å². The fourth-order valence-electron chi connectivity index (χ4n) is 3.81. The van der Waals surface area contributed by atoms with Crippen LogP contribution in [0.25, 0.3) is 0 Å². The minimum atomic E-state index is -0.471. The minimum Gasteiger partial charge on any atom is -0.466 e. The second-order valence-electron chi connectivity index (χ2n) is 8.06. The van der Waals surface area contributed by atoms with Crippen LogP contribution < -0.4 is 10.2 Å². The van der Waals surface area contributed by atoms with Crippen LogP contribution in [0.15, 0.2) is 0 Å². The van der Waals surface area contributed by atoms with Crippen molar-refractivity contribution in [3.8, 4) is 0 Å². The Morgan fingerprint density at radius 2 is 1.43 bits per heavy atom. The van der Waals surface area contributed by atoms with Crippen molar-refractivity contribution in [1.82, 2.24) is 10.2 Å². The number of esters is 2. The summed E-state index contributed by atoms with van der Waals surface area (Å²) in [4.78, 5) is 50.1. The molecule has 2 saturated heterocycles. The second kappa shape index (κ2) is 14.1. The van der Waals surface area contributed by atoms with Gasteiger partial charge in [-0.1, -0.05) is 4.90 Å². The zero-order chi connectivity index (χ0) is 21.6. The first-order valence-corrected chi connectivity index (χ1v) is 11.5. The van der Waals surface area contributed by atoms with Crippen LogP contribution in [0.5, 0.6) is 0 Å². The summed E-state index contributed by atoms with van der Waals surface area (Å²) in [6.07, 6.45) is 8.60. The lowest BCUT2D eigenvalue weighted by Crippen LogP contribution is -2.46. The van der Waals surface area contributed by atoms with E-state index in [0.29, 0.717) is 71.2 Å². The van der Waals surface area contributed by atoms with Gasteiger partial charge < -0.3 is 14.8 Å². The number of carbonyl (C=O) groups excluding carboxylic acids is 4. The number of fused-ring (bicyclic) bond motifs is 1. The van der Waals surface area contributed by atoms with Crippen LogP contribution in [0.3, 0.4) is 0 Å². The predicted molar refractivity (Wildman–Crippen MR) is 111 cm³/mol. The summed E-state index contributed by atoms with van der Waals surface area (Å²) in [5.41, 5.74) is 0. The highest BCUT2D eigenvalue weighted by atomic mass is 16.5. The molecule has 2 rings (SSSR count). The molecule has 30 heavy (non-hydrogen) atoms. The van der Waals surface area contributed by atoms with Crippen molar-refractivity contribution in [2.24, 2.45) is 0 Å². The molecule has 0 saturated carbocycles. The SMILES string of the molecule is O=C1CCCCC(=O)[N+]2CCCC2C(=O)OCCCCCCOC(=O)CCCCN1. The number of carbonyl (C=O) groups is 4. The molecule has 2 aliphatic rings. The Labute approximate surface area is 179 Å². The number of amides is 2. The molecule has 2 fully saturated rings. The number of nitrogens with one attached hydrogen (secondary N) is 1. The maximum atomic E-state index is 12.5. The molecule has 8 nitrogen and oxygen atoms in total. The number of rotatable bonds is 0. The van der Waals surface area contributed by atoms with Crippen LogP contribution >= 0.6 is 0 Å². The molecule has 1 unspecified atom stereocenters. The van der Waals surface area contributed by atoms with E-state index in [0.717, 1.165) is 38.5 Å². The molecule has 0 bridgehead atoms. The summed E-state index contributed by atoms with van der Waals surface area (Å²) in [7, 11) is 0. The van der Waals surface area contributed by atoms with Gasteiger partial charge in [0.25, 0.3) is 0 Å². The minimum absolute atomic E-state index is 0.0297. The van der Waals surface area contributed by atoms with Gasteiger partial charge in [-0.3, -0.25) is 9.59 Å². The molecular weight excluding hydrogens is 388 g/mol. The smallest absolute Gasteiger partial charge is 0.370 e. The number of cyclic esters (lactones) is 2. The monoisotopic (exact) mass is 424 g/mol. The van der Waals surface area contributed by atoms with Gasteiger partial charge in [0.2, 0.25) is 11.9 Å². The molecule has 169 valence electrons. The third-order valence-corrected chi connectivity index (χ3v) is 5.57. The van der Waals surface area contributed by atoms with Crippen LogP contribution in [0.2, 0.25) is 0 Å². The number of nitrogens with zero attached hydrogens (tertiary/aromatic N) is 1. The Balaban J connectivity index is 1.80. The molecule has 0 spiro atoms. The van der Waals surface area contributed by atoms with E-state index >= 15 is 0 Å². The zero-order valence-corrected chi connectivity index (χ0v) is 18.0. The molecule has 0 aliphatic carbocycles. The topological polar surface area (TPSA) is 105 Å². The van der Waals surface area contributed by atoms with E-state index in [9.17, 15) is 19.2 Å². The molecule has 0 aromatic carbocycles. The lowest BCUT2D eigenvalue weighted by atomic mass is 10.1. The quantitative estimate of drug-likeness (QED) is 0.473. The van der Waals surface area contributed by atoms with Crippen molar-refractivity contribution >= 4 is 23.8 Å². The summed E-state index contributed by atoms with van der Waals surface area (Å²) in [5, 5.41) is 2.85. The number of hydrogen-bond donors (Lipinski definition) is 1. The highest BCUT2D eigenvalue weighted by Crippen LogP contribution is 2.18. The van der Waals surface area contributed by atoms with Gasteiger partial charge in [-0.05, 0) is 51.4 Å². The predicted octanol–water partition coefficient (Wildman–Crippen LogP) is 2.32. The van der Waals surface area contributed by atoms with Gasteiger partial charge >= 0.3 is 17.8 Å². The Bertz CT molecular complexity index is 580. The lowest BCUT2D eigenvalue weighted by Gasteiger charge is -2.12. The van der Waals surface area contributed by atoms with E-state index in [-0.39, 0.29) is 23.8 Å². The van der Waals surface area contributed by atoms with E-state index in [1.165, 1.54) is 0 Å². The fourth-order valence-corrected chi connectivity index (χ4v) is 3.81. The van der Waals surface area contributed by atoms with E-state index in [1.54, 1.807) is 4.90 Å². The van der Waals surface area contributed by atoms with E-state index < -0.39 is 6.04 Å². The van der Waals surface area contributed by atoms with Crippen molar-refractivity contribution in [3.05, 3.63) is 0 Å². The first kappa shape index (κ1) is 24.3. The molecule has 8 heteroatoms. The zero-order valence-electron chi connectivity index (χ0n) is 18.0. The van der Waals surface area contributed by atoms with Gasteiger partial charge in [0.15, 0.2) is 0 Å². The third-order valence-electron chi connectivity index (χ3n) is 5.57. The molecule has 2 amide bonds. The van der Waals surface area contributed by atoms with Gasteiger partial charge in [-0.25, -0.2) is 9.59 Å². The van der Waals surface area contributed by atoms with Crippen LogP contribution in [0.4, 0.5) is 0 Å². The summed E-state index contributed by atoms with van der Waals surface area (Å²) in [5.74, 6) is -0.573. The number of hydrogen-bond acceptors (Lipinski definition) is 6. The fraction of sp³-hybridized carbons (Fsp3) is 0.818. The number of ether oxygens (including phenoxy) is 2. The molecule has 0 aromatic heterocycles. The van der Waals surface area contributed by atoms with Crippen LogP contribution in [0, 0.1) is 0 Å². The van der Waals surface area contributed by atoms with Crippen LogP contribution in [0.1, 0.15) is 83.5 Å². The Hall–Kier alpha value is -1.96. The summed E-state index contributed by atoms with van der Waals surface area (Å²) < 4.78 is 10.6.